The van der Waals surface area contributed by atoms with Crippen LogP contribution in [0.15, 0.2) is 12.4 Å². The normalized spacial score (nSPS) is 10.3. The fraction of sp³-hybridized carbons (Fsp3) is 0.400. The maximum Gasteiger partial charge on any atom is 0.221 e. The molecule has 0 saturated heterocycles. The number of nitrogens with one attached hydrogen (secondary N) is 1. The third kappa shape index (κ3) is 3.14. The first kappa shape index (κ1) is 12.4. The van der Waals surface area contributed by atoms with Crippen molar-refractivity contribution in [2.45, 2.75) is 13.8 Å². The molecule has 0 atom stereocenters. The Morgan fingerprint density at radius 2 is 1.47 bits per heavy atom. The predicted molar refractivity (Wildman–Crippen MR) is 65.7 cm³/mol. The van der Waals surface area contributed by atoms with E-state index in [1.165, 1.54) is 23.5 Å². The van der Waals surface area contributed by atoms with Gasteiger partial charge in [-0.1, -0.05) is 37.4 Å². The number of thioether (sulfide) groups is 2. The van der Waals surface area contributed by atoms with Crippen LogP contribution in [0.2, 0.25) is 0 Å². The lowest BCUT2D eigenvalue weighted by Gasteiger charge is -1.99. The van der Waals surface area contributed by atoms with E-state index < -0.39 is 0 Å². The Bertz CT molecular complexity index is 328. The first-order valence-corrected chi connectivity index (χ1v) is 6.68. The molecule has 3 nitrogen and oxygen atoms in total. The second-order valence-corrected chi connectivity index (χ2v) is 5.20. The molecule has 15 heavy (non-hydrogen) atoms. The number of hydrogen-bond acceptors (Lipinski definition) is 4. The zero-order chi connectivity index (χ0) is 11.3. The van der Waals surface area contributed by atoms with Crippen LogP contribution in [0.4, 0.5) is 0 Å². The van der Waals surface area contributed by atoms with Crippen LogP contribution in [0.3, 0.4) is 0 Å². The molecule has 5 heteroatoms. The maximum absolute atomic E-state index is 11.6. The SMILES string of the molecule is CCSC(=O)c1c[nH]cc1C(=O)SCC. The molecule has 82 valence electrons. The Kier molecular flexibility index (Phi) is 4.98. The highest BCUT2D eigenvalue weighted by Crippen LogP contribution is 2.20. The van der Waals surface area contributed by atoms with Crippen LogP contribution in [0.25, 0.3) is 0 Å². The van der Waals surface area contributed by atoms with Gasteiger partial charge in [0.15, 0.2) is 0 Å². The van der Waals surface area contributed by atoms with Gasteiger partial charge in [-0.15, -0.1) is 0 Å². The molecule has 1 rings (SSSR count). The Labute approximate surface area is 97.4 Å². The van der Waals surface area contributed by atoms with E-state index in [9.17, 15) is 9.59 Å². The van der Waals surface area contributed by atoms with Crippen LogP contribution in [0, 0.1) is 0 Å². The van der Waals surface area contributed by atoms with Crippen LogP contribution < -0.4 is 0 Å². The summed E-state index contributed by atoms with van der Waals surface area (Å²) >= 11 is 2.44. The molecule has 0 aliphatic rings. The summed E-state index contributed by atoms with van der Waals surface area (Å²) in [5, 5.41) is -0.0855. The summed E-state index contributed by atoms with van der Waals surface area (Å²) in [6, 6.07) is 0. The zero-order valence-corrected chi connectivity index (χ0v) is 10.3. The fourth-order valence-electron chi connectivity index (χ4n) is 1.12. The van der Waals surface area contributed by atoms with Gasteiger partial charge in [0.2, 0.25) is 10.2 Å². The predicted octanol–water partition coefficient (Wildman–Crippen LogP) is 2.80. The number of carbonyl (C=O) groups is 2. The summed E-state index contributed by atoms with van der Waals surface area (Å²) in [6.45, 7) is 3.83. The average Bonchev–Trinajstić information content (AvgIpc) is 2.66. The molecule has 0 unspecified atom stereocenters. The summed E-state index contributed by atoms with van der Waals surface area (Å²) in [4.78, 5) is 26.0. The van der Waals surface area contributed by atoms with Gasteiger partial charge in [0.1, 0.15) is 0 Å². The van der Waals surface area contributed by atoms with Crippen LogP contribution in [0.5, 0.6) is 0 Å². The molecule has 0 fully saturated rings. The Balaban J connectivity index is 2.86. The lowest BCUT2D eigenvalue weighted by atomic mass is 10.2. The van der Waals surface area contributed by atoms with E-state index in [4.69, 9.17) is 0 Å². The number of aromatic amines is 1. The Morgan fingerprint density at radius 1 is 1.07 bits per heavy atom. The van der Waals surface area contributed by atoms with Crippen molar-refractivity contribution in [2.24, 2.45) is 0 Å². The molecule has 1 aromatic rings. The molecular weight excluding hydrogens is 230 g/mol. The van der Waals surface area contributed by atoms with Crippen LogP contribution >= 0.6 is 23.5 Å². The van der Waals surface area contributed by atoms with Crippen LogP contribution in [-0.2, 0) is 0 Å². The lowest BCUT2D eigenvalue weighted by molar-refractivity contribution is 0.106. The summed E-state index contributed by atoms with van der Waals surface area (Å²) in [5.74, 6) is 1.44. The number of H-pyrrole nitrogens is 1. The summed E-state index contributed by atoms with van der Waals surface area (Å²) in [6.07, 6.45) is 3.18. The van der Waals surface area contributed by atoms with Gasteiger partial charge in [-0.05, 0) is 11.5 Å². The van der Waals surface area contributed by atoms with Crippen molar-refractivity contribution in [3.05, 3.63) is 23.5 Å². The highest BCUT2D eigenvalue weighted by atomic mass is 32.2. The smallest absolute Gasteiger partial charge is 0.221 e. The minimum absolute atomic E-state index is 0.0428. The molecule has 0 radical (unpaired) electrons. The van der Waals surface area contributed by atoms with Crippen molar-refractivity contribution in [2.75, 3.05) is 11.5 Å². The monoisotopic (exact) mass is 243 g/mol. The molecule has 0 amide bonds. The van der Waals surface area contributed by atoms with Crippen molar-refractivity contribution in [1.29, 1.82) is 0 Å². The van der Waals surface area contributed by atoms with E-state index in [1.54, 1.807) is 12.4 Å². The second kappa shape index (κ2) is 6.02. The van der Waals surface area contributed by atoms with Crippen molar-refractivity contribution >= 4 is 33.8 Å². The molecule has 1 aromatic heterocycles. The number of aromatic nitrogens is 1. The van der Waals surface area contributed by atoms with Gasteiger partial charge in [-0.25, -0.2) is 0 Å². The largest absolute Gasteiger partial charge is 0.366 e. The van der Waals surface area contributed by atoms with E-state index in [-0.39, 0.29) is 10.2 Å². The second-order valence-electron chi connectivity index (χ2n) is 2.72. The molecule has 0 saturated carbocycles. The fourth-order valence-corrected chi connectivity index (χ4v) is 2.29. The van der Waals surface area contributed by atoms with Crippen LogP contribution in [0.1, 0.15) is 34.6 Å². The number of hydrogen-bond donors (Lipinski definition) is 1. The van der Waals surface area contributed by atoms with Crippen LogP contribution in [-0.4, -0.2) is 26.7 Å². The van der Waals surface area contributed by atoms with Gasteiger partial charge in [0.05, 0.1) is 11.1 Å². The first-order chi connectivity index (χ1) is 7.20. The lowest BCUT2D eigenvalue weighted by Crippen LogP contribution is -2.01. The minimum atomic E-state index is -0.0428. The molecule has 0 bridgehead atoms. The average molecular weight is 243 g/mol. The Hall–Kier alpha value is -0.680. The first-order valence-electron chi connectivity index (χ1n) is 4.71. The molecule has 1 heterocycles. The van der Waals surface area contributed by atoms with Crippen molar-refractivity contribution < 1.29 is 9.59 Å². The summed E-state index contributed by atoms with van der Waals surface area (Å²) < 4.78 is 0. The third-order valence-corrected chi connectivity index (χ3v) is 3.28. The number of rotatable bonds is 4. The zero-order valence-electron chi connectivity index (χ0n) is 8.70. The minimum Gasteiger partial charge on any atom is -0.366 e. The van der Waals surface area contributed by atoms with E-state index in [2.05, 4.69) is 4.98 Å². The molecule has 1 N–H and O–H groups in total. The van der Waals surface area contributed by atoms with Gasteiger partial charge < -0.3 is 4.98 Å². The van der Waals surface area contributed by atoms with Gasteiger partial charge in [0.25, 0.3) is 0 Å². The highest BCUT2D eigenvalue weighted by Gasteiger charge is 2.17. The van der Waals surface area contributed by atoms with Crippen molar-refractivity contribution in [3.63, 3.8) is 0 Å². The number of carbonyl (C=O) groups excluding carboxylic acids is 2. The van der Waals surface area contributed by atoms with E-state index in [0.29, 0.717) is 11.1 Å². The molecule has 0 aliphatic heterocycles. The highest BCUT2D eigenvalue weighted by molar-refractivity contribution is 8.14. The van der Waals surface area contributed by atoms with Gasteiger partial charge in [-0.2, -0.15) is 0 Å². The molecule has 0 aromatic carbocycles. The summed E-state index contributed by atoms with van der Waals surface area (Å²) in [5.41, 5.74) is 0.987. The van der Waals surface area contributed by atoms with Gasteiger partial charge in [0, 0.05) is 12.4 Å². The topological polar surface area (TPSA) is 49.9 Å². The summed E-state index contributed by atoms with van der Waals surface area (Å²) in [7, 11) is 0. The Morgan fingerprint density at radius 3 is 1.80 bits per heavy atom. The van der Waals surface area contributed by atoms with E-state index >= 15 is 0 Å². The molecule has 0 aliphatic carbocycles. The third-order valence-electron chi connectivity index (χ3n) is 1.74. The molecule has 0 spiro atoms. The standard InChI is InChI=1S/C10H13NO2S2/c1-3-14-9(12)7-5-11-6-8(7)10(13)15-4-2/h5-6,11H,3-4H2,1-2H3. The van der Waals surface area contributed by atoms with E-state index in [1.807, 2.05) is 13.8 Å². The van der Waals surface area contributed by atoms with Gasteiger partial charge >= 0.3 is 0 Å². The van der Waals surface area contributed by atoms with Gasteiger partial charge in [-0.3, -0.25) is 9.59 Å². The quantitative estimate of drug-likeness (QED) is 0.883. The van der Waals surface area contributed by atoms with E-state index in [0.717, 1.165) is 11.5 Å². The maximum atomic E-state index is 11.6. The van der Waals surface area contributed by atoms with Crippen molar-refractivity contribution in [1.82, 2.24) is 4.98 Å². The van der Waals surface area contributed by atoms with Crippen molar-refractivity contribution in [3.8, 4) is 0 Å². The molecular formula is C10H13NO2S2.